The Bertz CT molecular complexity index is 1070. The normalized spacial score (nSPS) is 19.0. The van der Waals surface area contributed by atoms with E-state index in [1.54, 1.807) is 11.0 Å². The molecular weight excluding hydrogens is 583 g/mol. The van der Waals surface area contributed by atoms with Crippen LogP contribution in [0, 0.1) is 3.57 Å². The standard InChI is InChI=1S/C29H35IN2O5/c1-2-3-4-8-15-27(34)32(20-21-11-6-5-7-12-21)24-18-22(29(36)31-16-17-33)19-26(28(24)35)37-25-14-10-9-13-23(25)30/h2,5-7,9-14,19,24,26,28,33,35H,1,3-4,8,15-18,20H2,(H,31,36)/t24-,26+,28+/m1/s1. The first-order chi connectivity index (χ1) is 17.9. The zero-order chi connectivity index (χ0) is 26.6. The number of carbonyl (C=O) groups is 2. The molecular formula is C29H35IN2O5. The van der Waals surface area contributed by atoms with E-state index in [9.17, 15) is 19.8 Å². The van der Waals surface area contributed by atoms with Gasteiger partial charge in [0.25, 0.3) is 0 Å². The van der Waals surface area contributed by atoms with Gasteiger partial charge in [0, 0.05) is 31.5 Å². The predicted octanol–water partition coefficient (Wildman–Crippen LogP) is 3.98. The molecule has 0 fully saturated rings. The summed E-state index contributed by atoms with van der Waals surface area (Å²) in [6.07, 6.45) is 4.49. The van der Waals surface area contributed by atoms with Crippen LogP contribution in [0.1, 0.15) is 37.7 Å². The summed E-state index contributed by atoms with van der Waals surface area (Å²) in [7, 11) is 0. The third-order valence-electron chi connectivity index (χ3n) is 6.28. The molecule has 0 saturated carbocycles. The van der Waals surface area contributed by atoms with Gasteiger partial charge in [-0.1, -0.05) is 48.5 Å². The lowest BCUT2D eigenvalue weighted by Crippen LogP contribution is -2.54. The topological polar surface area (TPSA) is 99.1 Å². The number of hydrogen-bond acceptors (Lipinski definition) is 5. The molecule has 0 radical (unpaired) electrons. The Kier molecular flexibility index (Phi) is 11.6. The van der Waals surface area contributed by atoms with E-state index in [0.717, 1.165) is 22.0 Å². The molecule has 0 aliphatic heterocycles. The van der Waals surface area contributed by atoms with E-state index < -0.39 is 18.2 Å². The van der Waals surface area contributed by atoms with Gasteiger partial charge in [0.1, 0.15) is 18.0 Å². The Balaban J connectivity index is 1.92. The number of para-hydroxylation sites is 1. The molecule has 0 spiro atoms. The molecule has 0 saturated heterocycles. The molecule has 8 heteroatoms. The molecule has 37 heavy (non-hydrogen) atoms. The number of allylic oxidation sites excluding steroid dienone is 1. The van der Waals surface area contributed by atoms with Crippen LogP contribution < -0.4 is 10.1 Å². The van der Waals surface area contributed by atoms with Gasteiger partial charge < -0.3 is 25.2 Å². The van der Waals surface area contributed by atoms with Gasteiger partial charge in [-0.3, -0.25) is 9.59 Å². The molecule has 1 aliphatic rings. The summed E-state index contributed by atoms with van der Waals surface area (Å²) >= 11 is 2.16. The van der Waals surface area contributed by atoms with Crippen molar-refractivity contribution in [3.05, 3.63) is 88.0 Å². The van der Waals surface area contributed by atoms with Gasteiger partial charge in [0.2, 0.25) is 11.8 Å². The average Bonchev–Trinajstić information content (AvgIpc) is 2.91. The highest BCUT2D eigenvalue weighted by molar-refractivity contribution is 14.1. The van der Waals surface area contributed by atoms with E-state index in [1.807, 2.05) is 60.7 Å². The number of nitrogens with zero attached hydrogens (tertiary/aromatic N) is 1. The molecule has 0 aromatic heterocycles. The minimum absolute atomic E-state index is 0.0815. The fraction of sp³-hybridized carbons (Fsp3) is 0.379. The molecule has 198 valence electrons. The maximum absolute atomic E-state index is 13.5. The molecule has 0 heterocycles. The van der Waals surface area contributed by atoms with Gasteiger partial charge in [0.05, 0.1) is 16.2 Å². The number of benzene rings is 2. The number of amides is 2. The largest absolute Gasteiger partial charge is 0.482 e. The van der Waals surface area contributed by atoms with Crippen molar-refractivity contribution in [2.75, 3.05) is 13.2 Å². The highest BCUT2D eigenvalue weighted by atomic mass is 127. The number of rotatable bonds is 13. The van der Waals surface area contributed by atoms with Crippen LogP contribution in [0.15, 0.2) is 78.9 Å². The second kappa shape index (κ2) is 14.9. The number of aliphatic hydroxyl groups excluding tert-OH is 2. The number of carbonyl (C=O) groups excluding carboxylic acids is 2. The third kappa shape index (κ3) is 8.41. The van der Waals surface area contributed by atoms with Crippen LogP contribution in [0.2, 0.25) is 0 Å². The second-order valence-electron chi connectivity index (χ2n) is 8.99. The molecule has 0 bridgehead atoms. The summed E-state index contributed by atoms with van der Waals surface area (Å²) in [6, 6.07) is 16.4. The second-order valence-corrected chi connectivity index (χ2v) is 10.2. The van der Waals surface area contributed by atoms with Gasteiger partial charge >= 0.3 is 0 Å². The molecule has 2 amide bonds. The van der Waals surface area contributed by atoms with Crippen LogP contribution in [0.5, 0.6) is 5.75 Å². The summed E-state index contributed by atoms with van der Waals surface area (Å²) in [4.78, 5) is 28.1. The van der Waals surface area contributed by atoms with Gasteiger partial charge in [-0.2, -0.15) is 0 Å². The lowest BCUT2D eigenvalue weighted by atomic mass is 9.87. The zero-order valence-electron chi connectivity index (χ0n) is 20.9. The van der Waals surface area contributed by atoms with Gasteiger partial charge in [-0.15, -0.1) is 6.58 Å². The molecule has 1 aliphatic carbocycles. The third-order valence-corrected chi connectivity index (χ3v) is 7.17. The van der Waals surface area contributed by atoms with Gasteiger partial charge in [-0.25, -0.2) is 0 Å². The van der Waals surface area contributed by atoms with E-state index in [2.05, 4.69) is 34.5 Å². The Hall–Kier alpha value is -2.69. The van der Waals surface area contributed by atoms with Crippen LogP contribution in [0.3, 0.4) is 0 Å². The van der Waals surface area contributed by atoms with Crippen molar-refractivity contribution < 1.29 is 24.5 Å². The van der Waals surface area contributed by atoms with Crippen molar-refractivity contribution in [2.45, 2.75) is 56.9 Å². The first-order valence-electron chi connectivity index (χ1n) is 12.6. The molecule has 0 unspecified atom stereocenters. The first-order valence-corrected chi connectivity index (χ1v) is 13.7. The maximum Gasteiger partial charge on any atom is 0.247 e. The summed E-state index contributed by atoms with van der Waals surface area (Å²) in [6.45, 7) is 3.98. The lowest BCUT2D eigenvalue weighted by molar-refractivity contribution is -0.139. The Labute approximate surface area is 232 Å². The van der Waals surface area contributed by atoms with E-state index in [-0.39, 0.29) is 31.4 Å². The molecule has 3 atom stereocenters. The van der Waals surface area contributed by atoms with Crippen molar-refractivity contribution >= 4 is 34.4 Å². The average molecular weight is 619 g/mol. The maximum atomic E-state index is 13.5. The van der Waals surface area contributed by atoms with Crippen LogP contribution in [0.4, 0.5) is 0 Å². The SMILES string of the molecule is C=CCCCCC(=O)N(Cc1ccccc1)[C@@H]1CC(C(=O)NCCO)=C[C@H](Oc2ccccc2I)[C@H]1O. The quantitative estimate of drug-likeness (QED) is 0.179. The smallest absolute Gasteiger partial charge is 0.247 e. The number of unbranched alkanes of at least 4 members (excludes halogenated alkanes) is 2. The number of ether oxygens (including phenoxy) is 1. The fourth-order valence-electron chi connectivity index (χ4n) is 4.35. The van der Waals surface area contributed by atoms with Crippen molar-refractivity contribution in [1.29, 1.82) is 0 Å². The highest BCUT2D eigenvalue weighted by Gasteiger charge is 2.40. The first kappa shape index (κ1) is 28.9. The minimum atomic E-state index is -1.05. The Morgan fingerprint density at radius 3 is 2.57 bits per heavy atom. The van der Waals surface area contributed by atoms with Crippen molar-refractivity contribution in [3.63, 3.8) is 0 Å². The number of hydrogen-bond donors (Lipinski definition) is 3. The zero-order valence-corrected chi connectivity index (χ0v) is 23.0. The number of aliphatic hydroxyl groups is 2. The van der Waals surface area contributed by atoms with Crippen LogP contribution in [-0.4, -0.2) is 58.3 Å². The summed E-state index contributed by atoms with van der Waals surface area (Å²) in [5.74, 6) is 0.159. The predicted molar refractivity (Wildman–Crippen MR) is 152 cm³/mol. The molecule has 2 aromatic carbocycles. The Morgan fingerprint density at radius 2 is 1.86 bits per heavy atom. The van der Waals surface area contributed by atoms with E-state index in [1.165, 1.54) is 0 Å². The van der Waals surface area contributed by atoms with Crippen LogP contribution in [0.25, 0.3) is 0 Å². The van der Waals surface area contributed by atoms with E-state index in [4.69, 9.17) is 4.74 Å². The minimum Gasteiger partial charge on any atom is -0.482 e. The highest BCUT2D eigenvalue weighted by Crippen LogP contribution is 2.31. The lowest BCUT2D eigenvalue weighted by Gasteiger charge is -2.40. The van der Waals surface area contributed by atoms with Gasteiger partial charge in [-0.05, 0) is 65.6 Å². The molecule has 7 nitrogen and oxygen atoms in total. The Morgan fingerprint density at radius 1 is 1.14 bits per heavy atom. The van der Waals surface area contributed by atoms with Crippen molar-refractivity contribution in [2.24, 2.45) is 0 Å². The number of nitrogens with one attached hydrogen (secondary N) is 1. The monoisotopic (exact) mass is 618 g/mol. The van der Waals surface area contributed by atoms with Crippen molar-refractivity contribution in [1.82, 2.24) is 10.2 Å². The van der Waals surface area contributed by atoms with E-state index >= 15 is 0 Å². The molecule has 3 rings (SSSR count). The van der Waals surface area contributed by atoms with Gasteiger partial charge in [0.15, 0.2) is 0 Å². The summed E-state index contributed by atoms with van der Waals surface area (Å²) < 4.78 is 7.06. The molecule has 3 N–H and O–H groups in total. The van der Waals surface area contributed by atoms with E-state index in [0.29, 0.717) is 30.7 Å². The van der Waals surface area contributed by atoms with Crippen LogP contribution >= 0.6 is 22.6 Å². The summed E-state index contributed by atoms with van der Waals surface area (Å²) in [5, 5.41) is 23.4. The molecule has 2 aromatic rings. The summed E-state index contributed by atoms with van der Waals surface area (Å²) in [5.41, 5.74) is 1.35. The number of halogens is 1. The van der Waals surface area contributed by atoms with Crippen LogP contribution in [-0.2, 0) is 16.1 Å². The van der Waals surface area contributed by atoms with Crippen molar-refractivity contribution in [3.8, 4) is 5.75 Å². The fourth-order valence-corrected chi connectivity index (χ4v) is 4.86.